The highest BCUT2D eigenvalue weighted by Crippen LogP contribution is 2.37. The van der Waals surface area contributed by atoms with Crippen LogP contribution in [0.15, 0.2) is 42.5 Å². The number of urea groups is 1. The van der Waals surface area contributed by atoms with Crippen molar-refractivity contribution < 1.29 is 33.4 Å². The molecule has 16 nitrogen and oxygen atoms in total. The third kappa shape index (κ3) is 6.85. The van der Waals surface area contributed by atoms with Gasteiger partial charge in [0.25, 0.3) is 5.91 Å². The van der Waals surface area contributed by atoms with Gasteiger partial charge in [0.15, 0.2) is 17.4 Å². The fraction of sp³-hybridized carbons (Fsp3) is 0.500. The number of hydrogen-bond donors (Lipinski definition) is 3. The lowest BCUT2D eigenvalue weighted by molar-refractivity contribution is -0.136. The first kappa shape index (κ1) is 37.1. The number of aromatic nitrogens is 2. The highest BCUT2D eigenvalue weighted by Gasteiger charge is 2.42. The molecular formula is C40H47FN10O6. The number of piperidine rings is 1. The maximum Gasteiger partial charge on any atom is 0.320 e. The van der Waals surface area contributed by atoms with E-state index in [1.165, 1.54) is 12.1 Å². The van der Waals surface area contributed by atoms with E-state index in [4.69, 9.17) is 4.74 Å². The van der Waals surface area contributed by atoms with Gasteiger partial charge in [-0.15, -0.1) is 10.2 Å². The number of nitrogens with zero attached hydrogens (tertiary/aromatic N) is 8. The number of morpholine rings is 1. The second-order valence-electron chi connectivity index (χ2n) is 16.1. The third-order valence-corrected chi connectivity index (χ3v) is 12.3. The Morgan fingerprint density at radius 3 is 2.60 bits per heavy atom. The van der Waals surface area contributed by atoms with Crippen molar-refractivity contribution in [2.24, 2.45) is 0 Å². The zero-order valence-corrected chi connectivity index (χ0v) is 32.1. The Morgan fingerprint density at radius 1 is 0.965 bits per heavy atom. The summed E-state index contributed by atoms with van der Waals surface area (Å²) in [7, 11) is 0. The van der Waals surface area contributed by atoms with Crippen molar-refractivity contribution in [3.63, 3.8) is 0 Å². The molecule has 3 aromatic rings. The molecule has 4 fully saturated rings. The highest BCUT2D eigenvalue weighted by molar-refractivity contribution is 6.05. The zero-order chi connectivity index (χ0) is 39.5. The van der Waals surface area contributed by atoms with Crippen LogP contribution >= 0.6 is 0 Å². The van der Waals surface area contributed by atoms with Crippen LogP contribution in [0.4, 0.5) is 26.4 Å². The molecule has 5 amide bonds. The van der Waals surface area contributed by atoms with Crippen molar-refractivity contribution in [1.82, 2.24) is 35.1 Å². The Labute approximate surface area is 329 Å². The number of carbonyl (C=O) groups is 4. The largest absolute Gasteiger partial charge is 0.504 e. The number of benzene rings is 2. The number of nitrogens with one attached hydrogen (secondary N) is 2. The number of halogens is 1. The number of fused-ring (bicyclic) bond motifs is 4. The van der Waals surface area contributed by atoms with Gasteiger partial charge >= 0.3 is 6.03 Å². The van der Waals surface area contributed by atoms with E-state index in [9.17, 15) is 28.7 Å². The van der Waals surface area contributed by atoms with E-state index in [1.54, 1.807) is 11.0 Å². The number of anilines is 3. The number of para-hydroxylation sites is 1. The van der Waals surface area contributed by atoms with Crippen molar-refractivity contribution in [3.05, 3.63) is 59.4 Å². The van der Waals surface area contributed by atoms with Crippen molar-refractivity contribution >= 4 is 40.9 Å². The number of phenolic OH excluding ortho intramolecular Hbond substituents is 1. The minimum atomic E-state index is -0.719. The van der Waals surface area contributed by atoms with Gasteiger partial charge in [0.05, 0.1) is 30.1 Å². The molecule has 6 aliphatic heterocycles. The Kier molecular flexibility index (Phi) is 9.59. The molecular weight excluding hydrogens is 736 g/mol. The number of rotatable bonds is 5. The van der Waals surface area contributed by atoms with E-state index in [1.807, 2.05) is 34.1 Å². The lowest BCUT2D eigenvalue weighted by atomic mass is 10.0. The SMILES string of the molecule is C[C@@H]1CN(C[C@H]2CN(c3ccc4c(c3)CN([C@H]3CCC(=O)NC3=O)C4=O)CCO2)C[C@H](C)N1C(=O)N1CCN2c3cc(-c4cccc(F)c4O)nnc3NC[C@H]2C1. The number of imide groups is 1. The summed E-state index contributed by atoms with van der Waals surface area (Å²) in [6.45, 7) is 11.0. The van der Waals surface area contributed by atoms with Crippen LogP contribution in [0.1, 0.15) is 42.6 Å². The van der Waals surface area contributed by atoms with Gasteiger partial charge in [-0.2, -0.15) is 0 Å². The number of amides is 5. The lowest BCUT2D eigenvalue weighted by Gasteiger charge is -2.50. The lowest BCUT2D eigenvalue weighted by Crippen LogP contribution is -2.66. The van der Waals surface area contributed by atoms with Crippen LogP contribution in [0.25, 0.3) is 11.3 Å². The van der Waals surface area contributed by atoms with Crippen LogP contribution in [0.5, 0.6) is 5.75 Å². The third-order valence-electron chi connectivity index (χ3n) is 12.3. The van der Waals surface area contributed by atoms with Gasteiger partial charge in [0.2, 0.25) is 11.8 Å². The van der Waals surface area contributed by atoms with E-state index in [0.29, 0.717) is 69.4 Å². The summed E-state index contributed by atoms with van der Waals surface area (Å²) in [5, 5.41) is 24.6. The van der Waals surface area contributed by atoms with Gasteiger partial charge in [-0.3, -0.25) is 24.6 Å². The molecule has 4 saturated heterocycles. The fourth-order valence-corrected chi connectivity index (χ4v) is 9.55. The second kappa shape index (κ2) is 14.8. The Balaban J connectivity index is 0.799. The van der Waals surface area contributed by atoms with Crippen LogP contribution in [0.3, 0.4) is 0 Å². The van der Waals surface area contributed by atoms with Crippen molar-refractivity contribution in [1.29, 1.82) is 0 Å². The zero-order valence-electron chi connectivity index (χ0n) is 32.1. The van der Waals surface area contributed by atoms with Crippen molar-refractivity contribution in [2.45, 2.75) is 63.5 Å². The summed E-state index contributed by atoms with van der Waals surface area (Å²) in [5.41, 5.74) is 3.95. The molecule has 0 saturated carbocycles. The van der Waals surface area contributed by atoms with Gasteiger partial charge in [-0.1, -0.05) is 6.07 Å². The molecule has 3 N–H and O–H groups in total. The van der Waals surface area contributed by atoms with Gasteiger partial charge in [0.1, 0.15) is 6.04 Å². The van der Waals surface area contributed by atoms with Crippen LogP contribution < -0.4 is 20.4 Å². The molecule has 0 aliphatic carbocycles. The summed E-state index contributed by atoms with van der Waals surface area (Å²) >= 11 is 0. The number of carbonyl (C=O) groups excluding carboxylic acids is 4. The molecule has 0 radical (unpaired) electrons. The van der Waals surface area contributed by atoms with Crippen molar-refractivity contribution in [3.8, 4) is 17.0 Å². The maximum atomic E-state index is 14.2. The number of piperazine rings is 2. The Morgan fingerprint density at radius 2 is 1.79 bits per heavy atom. The molecule has 1 aromatic heterocycles. The molecule has 300 valence electrons. The molecule has 7 heterocycles. The summed E-state index contributed by atoms with van der Waals surface area (Å²) in [6.07, 6.45) is 0.512. The smallest absolute Gasteiger partial charge is 0.320 e. The second-order valence-corrected chi connectivity index (χ2v) is 16.1. The number of ether oxygens (including phenoxy) is 1. The molecule has 0 bridgehead atoms. The van der Waals surface area contributed by atoms with Gasteiger partial charge in [-0.05, 0) is 62.2 Å². The van der Waals surface area contributed by atoms with Gasteiger partial charge < -0.3 is 39.7 Å². The van der Waals surface area contributed by atoms with E-state index in [-0.39, 0.29) is 54.1 Å². The monoisotopic (exact) mass is 782 g/mol. The molecule has 57 heavy (non-hydrogen) atoms. The summed E-state index contributed by atoms with van der Waals surface area (Å²) in [5.74, 6) is -1.46. The van der Waals surface area contributed by atoms with E-state index in [2.05, 4.69) is 49.4 Å². The Bertz CT molecular complexity index is 2110. The minimum Gasteiger partial charge on any atom is -0.504 e. The van der Waals surface area contributed by atoms with Crippen LogP contribution in [0.2, 0.25) is 0 Å². The standard InChI is InChI=1S/C40H47FN10O6/c1-23-17-46(21-28-22-47(12-13-57-28)26-6-7-29-25(14-26)19-50(39(29)55)33-8-9-35(52)43-38(33)54)18-24(2)51(23)40(56)48-10-11-49-27(20-48)16-42-37-34(49)15-32(44-45-37)30-4-3-5-31(41)36(30)53/h3-7,14-15,23-24,27-28,33,53H,8-13,16-22H2,1-2H3,(H,42,45)(H,43,52,54)/t23-,24+,27-,28-,33-/m0/s1. The normalized spacial score (nSPS) is 26.5. The molecule has 0 unspecified atom stereocenters. The molecule has 0 spiro atoms. The molecule has 6 aliphatic rings. The minimum absolute atomic E-state index is 0.00193. The average Bonchev–Trinajstić information content (AvgIpc) is 3.53. The van der Waals surface area contributed by atoms with Crippen LogP contribution in [-0.2, 0) is 20.9 Å². The van der Waals surface area contributed by atoms with Gasteiger partial charge in [-0.25, -0.2) is 9.18 Å². The van der Waals surface area contributed by atoms with E-state index < -0.39 is 23.5 Å². The first-order valence-corrected chi connectivity index (χ1v) is 19.8. The summed E-state index contributed by atoms with van der Waals surface area (Å²) < 4.78 is 20.4. The predicted molar refractivity (Wildman–Crippen MR) is 207 cm³/mol. The first-order valence-electron chi connectivity index (χ1n) is 19.8. The topological polar surface area (TPSA) is 167 Å². The Hall–Kier alpha value is -5.55. The molecule has 2 aromatic carbocycles. The molecule has 9 rings (SSSR count). The summed E-state index contributed by atoms with van der Waals surface area (Å²) in [6, 6.07) is 11.4. The number of aromatic hydroxyl groups is 1. The van der Waals surface area contributed by atoms with E-state index in [0.717, 1.165) is 43.1 Å². The molecule has 17 heteroatoms. The number of phenols is 1. The van der Waals surface area contributed by atoms with Crippen LogP contribution in [-0.4, -0.2) is 154 Å². The maximum absolute atomic E-state index is 14.2. The van der Waals surface area contributed by atoms with E-state index >= 15 is 0 Å². The highest BCUT2D eigenvalue weighted by atomic mass is 19.1. The number of hydrogen-bond acceptors (Lipinski definition) is 12. The summed E-state index contributed by atoms with van der Waals surface area (Å²) in [4.78, 5) is 64.0. The van der Waals surface area contributed by atoms with Gasteiger partial charge in [0, 0.05) is 101 Å². The van der Waals surface area contributed by atoms with Crippen molar-refractivity contribution in [2.75, 3.05) is 80.6 Å². The van der Waals surface area contributed by atoms with Crippen LogP contribution in [0, 0.1) is 5.82 Å². The fourth-order valence-electron chi connectivity index (χ4n) is 9.55. The quantitative estimate of drug-likeness (QED) is 0.323. The molecule has 5 atom stereocenters. The predicted octanol–water partition coefficient (Wildman–Crippen LogP) is 2.09. The average molecular weight is 783 g/mol. The first-order chi connectivity index (χ1) is 27.5.